The number of phenolic OH excluding ortho intramolecular Hbond substituents is 3. The van der Waals surface area contributed by atoms with Crippen LogP contribution in [0, 0.1) is 0 Å². The second-order valence-electron chi connectivity index (χ2n) is 7.38. The molecule has 4 aromatic rings. The number of aromatic hydroxyl groups is 3. The Morgan fingerprint density at radius 3 is 1.16 bits per heavy atom. The molecule has 0 saturated carbocycles. The average Bonchev–Trinajstić information content (AvgIpc) is 2.77. The summed E-state index contributed by atoms with van der Waals surface area (Å²) in [6, 6.07) is 24.2. The smallest absolute Gasteiger partial charge is 0.416 e. The summed E-state index contributed by atoms with van der Waals surface area (Å²) < 4.78 is 39.8. The molecule has 3 nitrogen and oxygen atoms in total. The molecule has 4 aromatic carbocycles. The molecular weight excluding hydrogens is 433 g/mol. The van der Waals surface area contributed by atoms with Crippen LogP contribution in [0.3, 0.4) is 0 Å². The Bertz CT molecular complexity index is 1140. The highest BCUT2D eigenvalue weighted by Gasteiger charge is 2.47. The maximum absolute atomic E-state index is 13.3. The maximum atomic E-state index is 13.3. The van der Waals surface area contributed by atoms with E-state index in [0.717, 1.165) is 12.1 Å². The van der Waals surface area contributed by atoms with Crippen LogP contribution in [0.25, 0.3) is 0 Å². The first-order chi connectivity index (χ1) is 15.3. The van der Waals surface area contributed by atoms with E-state index in [1.807, 2.05) is 0 Å². The summed E-state index contributed by atoms with van der Waals surface area (Å²) >= 11 is 0. The fourth-order valence-electron chi connectivity index (χ4n) is 4.18. The Hall–Kier alpha value is -3.71. The summed E-state index contributed by atoms with van der Waals surface area (Å²) in [5.74, 6) is -0.235. The van der Waals surface area contributed by atoms with Crippen LogP contribution in [-0.2, 0) is 6.18 Å². The Balaban J connectivity index is 2.18. The van der Waals surface area contributed by atoms with Crippen molar-refractivity contribution in [3.05, 3.63) is 103 Å². The summed E-state index contributed by atoms with van der Waals surface area (Å²) in [6.07, 6.45) is -4.51. The fraction of sp³-hybridized carbons (Fsp3) is 0.0400. The molecule has 0 amide bonds. The molecule has 0 aliphatic rings. The van der Waals surface area contributed by atoms with Gasteiger partial charge in [-0.2, -0.15) is 13.2 Å². The zero-order chi connectivity index (χ0) is 22.9. The molecule has 0 aliphatic heterocycles. The normalized spacial score (nSPS) is 12.0. The van der Waals surface area contributed by atoms with Crippen LogP contribution in [-0.4, -0.2) is 23.4 Å². The van der Waals surface area contributed by atoms with Gasteiger partial charge in [0.15, 0.2) is 8.07 Å². The highest BCUT2D eigenvalue weighted by atomic mass is 28.3. The number of benzene rings is 4. The van der Waals surface area contributed by atoms with Crippen molar-refractivity contribution >= 4 is 28.8 Å². The minimum absolute atomic E-state index is 0.0782. The molecular formula is C25H19F3O3Si. The number of phenols is 3. The van der Waals surface area contributed by atoms with E-state index in [1.165, 1.54) is 30.3 Å². The van der Waals surface area contributed by atoms with Crippen LogP contribution in [0.4, 0.5) is 13.2 Å². The third kappa shape index (κ3) is 3.50. The lowest BCUT2D eigenvalue weighted by Crippen LogP contribution is -2.74. The third-order valence-electron chi connectivity index (χ3n) is 5.57. The molecule has 0 heterocycles. The van der Waals surface area contributed by atoms with Gasteiger partial charge in [0.25, 0.3) is 0 Å². The topological polar surface area (TPSA) is 60.7 Å². The molecule has 0 bridgehead atoms. The van der Waals surface area contributed by atoms with E-state index in [0.29, 0.717) is 20.7 Å². The standard InChI is InChI=1S/C25H19F3O3Si/c26-25(27,28)17-13-15-18(16-14-17)32(22-10-4-1-7-19(22)29,23-11-5-2-8-20(23)30)24-12-6-3-9-21(24)31/h1-16,29-31H. The first-order valence-corrected chi connectivity index (χ1v) is 11.8. The molecule has 7 heteroatoms. The van der Waals surface area contributed by atoms with Crippen molar-refractivity contribution in [1.82, 2.24) is 0 Å². The number of hydrogen-bond acceptors (Lipinski definition) is 3. The summed E-state index contributed by atoms with van der Waals surface area (Å²) in [6.45, 7) is 0. The number of para-hydroxylation sites is 3. The van der Waals surface area contributed by atoms with Gasteiger partial charge in [0.2, 0.25) is 0 Å². The second-order valence-corrected chi connectivity index (χ2v) is 11.1. The molecule has 0 saturated heterocycles. The van der Waals surface area contributed by atoms with Gasteiger partial charge >= 0.3 is 6.18 Å². The van der Waals surface area contributed by atoms with Gasteiger partial charge in [-0.1, -0.05) is 78.9 Å². The van der Waals surface area contributed by atoms with E-state index in [9.17, 15) is 28.5 Å². The van der Waals surface area contributed by atoms with E-state index in [2.05, 4.69) is 0 Å². The molecule has 32 heavy (non-hydrogen) atoms. The predicted molar refractivity (Wildman–Crippen MR) is 120 cm³/mol. The van der Waals surface area contributed by atoms with Crippen molar-refractivity contribution < 1.29 is 28.5 Å². The van der Waals surface area contributed by atoms with Crippen molar-refractivity contribution in [3.63, 3.8) is 0 Å². The average molecular weight is 453 g/mol. The Morgan fingerprint density at radius 2 is 0.844 bits per heavy atom. The van der Waals surface area contributed by atoms with Crippen molar-refractivity contribution in [3.8, 4) is 17.2 Å². The number of hydrogen-bond donors (Lipinski definition) is 3. The zero-order valence-electron chi connectivity index (χ0n) is 16.7. The van der Waals surface area contributed by atoms with Crippen LogP contribution in [0.5, 0.6) is 17.2 Å². The van der Waals surface area contributed by atoms with Gasteiger partial charge in [0, 0.05) is 0 Å². The summed E-state index contributed by atoms with van der Waals surface area (Å²) in [5, 5.41) is 34.4. The highest BCUT2D eigenvalue weighted by molar-refractivity contribution is 7.20. The number of alkyl halides is 3. The van der Waals surface area contributed by atoms with E-state index >= 15 is 0 Å². The van der Waals surface area contributed by atoms with Gasteiger partial charge in [-0.15, -0.1) is 0 Å². The summed E-state index contributed by atoms with van der Waals surface area (Å²) in [4.78, 5) is 0. The van der Waals surface area contributed by atoms with Gasteiger partial charge in [0.05, 0.1) is 5.56 Å². The lowest BCUT2D eigenvalue weighted by molar-refractivity contribution is -0.137. The molecule has 3 N–H and O–H groups in total. The molecule has 0 unspecified atom stereocenters. The lowest BCUT2D eigenvalue weighted by Gasteiger charge is -2.35. The van der Waals surface area contributed by atoms with Gasteiger partial charge < -0.3 is 15.3 Å². The number of halogens is 3. The molecule has 4 rings (SSSR count). The summed E-state index contributed by atoms with van der Waals surface area (Å²) in [5.41, 5.74) is -0.809. The second kappa shape index (κ2) is 8.09. The quantitative estimate of drug-likeness (QED) is 0.329. The van der Waals surface area contributed by atoms with E-state index in [4.69, 9.17) is 0 Å². The molecule has 0 aromatic heterocycles. The van der Waals surface area contributed by atoms with Gasteiger partial charge in [-0.25, -0.2) is 0 Å². The summed E-state index contributed by atoms with van der Waals surface area (Å²) in [7, 11) is -3.63. The van der Waals surface area contributed by atoms with Gasteiger partial charge in [-0.3, -0.25) is 0 Å². The monoisotopic (exact) mass is 452 g/mol. The van der Waals surface area contributed by atoms with Crippen LogP contribution in [0.15, 0.2) is 97.1 Å². The van der Waals surface area contributed by atoms with Crippen molar-refractivity contribution in [2.75, 3.05) is 0 Å². The fourth-order valence-corrected chi connectivity index (χ4v) is 9.09. The molecule has 162 valence electrons. The highest BCUT2D eigenvalue weighted by Crippen LogP contribution is 2.29. The molecule has 0 atom stereocenters. The largest absolute Gasteiger partial charge is 0.508 e. The first kappa shape index (κ1) is 21.5. The zero-order valence-corrected chi connectivity index (χ0v) is 17.7. The minimum Gasteiger partial charge on any atom is -0.508 e. The van der Waals surface area contributed by atoms with E-state index < -0.39 is 19.8 Å². The van der Waals surface area contributed by atoms with Crippen molar-refractivity contribution in [2.45, 2.75) is 6.18 Å². The van der Waals surface area contributed by atoms with Gasteiger partial charge in [0.1, 0.15) is 17.2 Å². The molecule has 0 aliphatic carbocycles. The Morgan fingerprint density at radius 1 is 0.500 bits per heavy atom. The predicted octanol–water partition coefficient (Wildman–Crippen LogP) is 3.20. The molecule has 0 spiro atoms. The lowest BCUT2D eigenvalue weighted by atomic mass is 10.2. The maximum Gasteiger partial charge on any atom is 0.416 e. The van der Waals surface area contributed by atoms with E-state index in [-0.39, 0.29) is 17.2 Å². The van der Waals surface area contributed by atoms with Gasteiger partial charge in [-0.05, 0) is 38.9 Å². The third-order valence-corrected chi connectivity index (χ3v) is 10.5. The van der Waals surface area contributed by atoms with Crippen molar-refractivity contribution in [2.24, 2.45) is 0 Å². The minimum atomic E-state index is -4.51. The van der Waals surface area contributed by atoms with Crippen molar-refractivity contribution in [1.29, 1.82) is 0 Å². The molecule has 0 radical (unpaired) electrons. The van der Waals surface area contributed by atoms with Crippen LogP contribution in [0.1, 0.15) is 5.56 Å². The Kier molecular flexibility index (Phi) is 5.44. The van der Waals surface area contributed by atoms with E-state index in [1.54, 1.807) is 54.6 Å². The SMILES string of the molecule is Oc1ccccc1[Si](c1ccc(C(F)(F)F)cc1)(c1ccccc1O)c1ccccc1O. The molecule has 0 fully saturated rings. The first-order valence-electron chi connectivity index (χ1n) is 9.79. The van der Waals surface area contributed by atoms with Crippen LogP contribution < -0.4 is 20.7 Å². The van der Waals surface area contributed by atoms with Crippen LogP contribution in [0.2, 0.25) is 0 Å². The number of rotatable bonds is 4. The van der Waals surface area contributed by atoms with Crippen LogP contribution >= 0.6 is 0 Å². The Labute approximate surface area is 183 Å².